The summed E-state index contributed by atoms with van der Waals surface area (Å²) in [5.74, 6) is 0.310. The molecule has 0 saturated heterocycles. The summed E-state index contributed by atoms with van der Waals surface area (Å²) in [7, 11) is 0. The van der Waals surface area contributed by atoms with E-state index in [0.29, 0.717) is 5.92 Å². The number of aromatic nitrogens is 1. The molecule has 1 aromatic heterocycles. The minimum absolute atomic E-state index is 0.0967. The third-order valence-electron chi connectivity index (χ3n) is 2.21. The molecule has 1 rings (SSSR count). The van der Waals surface area contributed by atoms with Gasteiger partial charge in [-0.2, -0.15) is 0 Å². The Morgan fingerprint density at radius 2 is 2.07 bits per heavy atom. The molecule has 1 heterocycles. The second-order valence-electron chi connectivity index (χ2n) is 4.01. The lowest BCUT2D eigenvalue weighted by atomic mass is 9.99. The first kappa shape index (κ1) is 11.1. The average Bonchev–Trinajstić information content (AvgIpc) is 2.14. The van der Waals surface area contributed by atoms with Crippen molar-refractivity contribution in [1.82, 2.24) is 4.98 Å². The monoisotopic (exact) mass is 196 g/mol. The normalized spacial score (nSPS) is 13.2. The highest BCUT2D eigenvalue weighted by Crippen LogP contribution is 2.18. The molecule has 0 amide bonds. The third-order valence-corrected chi connectivity index (χ3v) is 2.21. The van der Waals surface area contributed by atoms with Crippen LogP contribution in [0.4, 0.5) is 4.39 Å². The van der Waals surface area contributed by atoms with E-state index in [-0.39, 0.29) is 11.9 Å². The Kier molecular flexibility index (Phi) is 4.01. The number of pyridine rings is 1. The van der Waals surface area contributed by atoms with Crippen LogP contribution in [0.5, 0.6) is 0 Å². The summed E-state index contributed by atoms with van der Waals surface area (Å²) in [6.07, 6.45) is 4.76. The molecule has 0 radical (unpaired) electrons. The maximum absolute atomic E-state index is 12.8. The van der Waals surface area contributed by atoms with Gasteiger partial charge < -0.3 is 5.73 Å². The molecule has 0 fully saturated rings. The van der Waals surface area contributed by atoms with Crippen molar-refractivity contribution >= 4 is 0 Å². The van der Waals surface area contributed by atoms with Gasteiger partial charge in [0.15, 0.2) is 0 Å². The quantitative estimate of drug-likeness (QED) is 0.804. The summed E-state index contributed by atoms with van der Waals surface area (Å²) in [6.45, 7) is 4.30. The van der Waals surface area contributed by atoms with Crippen molar-refractivity contribution in [1.29, 1.82) is 0 Å². The van der Waals surface area contributed by atoms with Crippen molar-refractivity contribution in [3.05, 3.63) is 29.8 Å². The number of rotatable bonds is 4. The van der Waals surface area contributed by atoms with Gasteiger partial charge in [0.05, 0.1) is 6.20 Å². The van der Waals surface area contributed by atoms with Crippen LogP contribution in [0, 0.1) is 11.7 Å². The number of halogens is 1. The zero-order valence-electron chi connectivity index (χ0n) is 8.70. The number of nitrogens with two attached hydrogens (primary N) is 1. The Morgan fingerprint density at radius 3 is 2.64 bits per heavy atom. The lowest BCUT2D eigenvalue weighted by Gasteiger charge is -2.12. The molecule has 0 saturated carbocycles. The molecular formula is C11H17FN2. The maximum atomic E-state index is 12.8. The highest BCUT2D eigenvalue weighted by Gasteiger charge is 2.07. The molecule has 14 heavy (non-hydrogen) atoms. The molecule has 0 aliphatic heterocycles. The van der Waals surface area contributed by atoms with Crippen molar-refractivity contribution in [2.45, 2.75) is 32.7 Å². The first-order valence-corrected chi connectivity index (χ1v) is 4.95. The van der Waals surface area contributed by atoms with E-state index in [1.165, 1.54) is 12.3 Å². The van der Waals surface area contributed by atoms with Crippen LogP contribution in [0.1, 0.15) is 38.3 Å². The van der Waals surface area contributed by atoms with Gasteiger partial charge in [-0.3, -0.25) is 4.98 Å². The fraction of sp³-hybridized carbons (Fsp3) is 0.545. The van der Waals surface area contributed by atoms with Crippen LogP contribution < -0.4 is 5.73 Å². The van der Waals surface area contributed by atoms with Crippen molar-refractivity contribution in [3.63, 3.8) is 0 Å². The van der Waals surface area contributed by atoms with Gasteiger partial charge in [0.2, 0.25) is 0 Å². The number of nitrogens with zero attached hydrogens (tertiary/aromatic N) is 1. The Labute approximate surface area is 84.3 Å². The van der Waals surface area contributed by atoms with E-state index in [2.05, 4.69) is 18.8 Å². The fourth-order valence-electron chi connectivity index (χ4n) is 1.31. The molecule has 1 unspecified atom stereocenters. The largest absolute Gasteiger partial charge is 0.324 e. The van der Waals surface area contributed by atoms with Crippen LogP contribution in [-0.2, 0) is 0 Å². The van der Waals surface area contributed by atoms with Gasteiger partial charge in [-0.1, -0.05) is 13.8 Å². The minimum Gasteiger partial charge on any atom is -0.324 e. The summed E-state index contributed by atoms with van der Waals surface area (Å²) in [6, 6.07) is 1.36. The molecule has 3 heteroatoms. The Balaban J connectivity index is 2.56. The lowest BCUT2D eigenvalue weighted by Crippen LogP contribution is -2.11. The summed E-state index contributed by atoms with van der Waals surface area (Å²) in [5, 5.41) is 0. The molecule has 78 valence electrons. The lowest BCUT2D eigenvalue weighted by molar-refractivity contribution is 0.504. The van der Waals surface area contributed by atoms with E-state index in [0.717, 1.165) is 18.4 Å². The molecule has 0 aliphatic rings. The van der Waals surface area contributed by atoms with Gasteiger partial charge in [-0.05, 0) is 30.4 Å². The van der Waals surface area contributed by atoms with Crippen LogP contribution in [0.25, 0.3) is 0 Å². The van der Waals surface area contributed by atoms with Crippen molar-refractivity contribution in [2.75, 3.05) is 0 Å². The summed E-state index contributed by atoms with van der Waals surface area (Å²) in [4.78, 5) is 3.78. The molecule has 1 atom stereocenters. The Bertz CT molecular complexity index is 286. The van der Waals surface area contributed by atoms with Gasteiger partial charge >= 0.3 is 0 Å². The molecule has 0 aromatic carbocycles. The van der Waals surface area contributed by atoms with Crippen LogP contribution >= 0.6 is 0 Å². The molecule has 0 spiro atoms. The van der Waals surface area contributed by atoms with E-state index >= 15 is 0 Å². The van der Waals surface area contributed by atoms with Crippen LogP contribution in [-0.4, -0.2) is 4.98 Å². The first-order chi connectivity index (χ1) is 6.59. The summed E-state index contributed by atoms with van der Waals surface area (Å²) in [5.41, 5.74) is 6.69. The van der Waals surface area contributed by atoms with Gasteiger partial charge in [0, 0.05) is 12.2 Å². The number of hydrogen-bond donors (Lipinski definition) is 1. The van der Waals surface area contributed by atoms with Crippen molar-refractivity contribution < 1.29 is 4.39 Å². The zero-order valence-corrected chi connectivity index (χ0v) is 8.70. The second kappa shape index (κ2) is 5.05. The molecule has 1 aromatic rings. The van der Waals surface area contributed by atoms with Gasteiger partial charge in [-0.25, -0.2) is 4.39 Å². The van der Waals surface area contributed by atoms with E-state index in [1.807, 2.05) is 0 Å². The predicted molar refractivity (Wildman–Crippen MR) is 55.2 cm³/mol. The number of hydrogen-bond acceptors (Lipinski definition) is 2. The average molecular weight is 196 g/mol. The van der Waals surface area contributed by atoms with Gasteiger partial charge in [0.1, 0.15) is 5.82 Å². The molecule has 0 aliphatic carbocycles. The van der Waals surface area contributed by atoms with Gasteiger partial charge in [-0.15, -0.1) is 0 Å². The van der Waals surface area contributed by atoms with Crippen molar-refractivity contribution in [2.24, 2.45) is 11.7 Å². The second-order valence-corrected chi connectivity index (χ2v) is 4.01. The van der Waals surface area contributed by atoms with E-state index in [4.69, 9.17) is 5.73 Å². The first-order valence-electron chi connectivity index (χ1n) is 4.95. The highest BCUT2D eigenvalue weighted by molar-refractivity contribution is 5.14. The molecule has 2 nitrogen and oxygen atoms in total. The predicted octanol–water partition coefficient (Wildman–Crippen LogP) is 2.66. The topological polar surface area (TPSA) is 38.9 Å². The SMILES string of the molecule is CC(C)CCC(N)c1cncc(F)c1. The molecule has 2 N–H and O–H groups in total. The van der Waals surface area contributed by atoms with Gasteiger partial charge in [0.25, 0.3) is 0 Å². The van der Waals surface area contributed by atoms with E-state index in [1.54, 1.807) is 6.20 Å². The Morgan fingerprint density at radius 1 is 1.36 bits per heavy atom. The van der Waals surface area contributed by atoms with E-state index in [9.17, 15) is 4.39 Å². The van der Waals surface area contributed by atoms with Crippen LogP contribution in [0.2, 0.25) is 0 Å². The zero-order chi connectivity index (χ0) is 10.6. The van der Waals surface area contributed by atoms with Crippen LogP contribution in [0.3, 0.4) is 0 Å². The Hall–Kier alpha value is -0.960. The van der Waals surface area contributed by atoms with Crippen molar-refractivity contribution in [3.8, 4) is 0 Å². The third kappa shape index (κ3) is 3.42. The highest BCUT2D eigenvalue weighted by atomic mass is 19.1. The summed E-state index contributed by atoms with van der Waals surface area (Å²) < 4.78 is 12.8. The minimum atomic E-state index is -0.317. The fourth-order valence-corrected chi connectivity index (χ4v) is 1.31. The molecule has 0 bridgehead atoms. The smallest absolute Gasteiger partial charge is 0.141 e. The standard InChI is InChI=1S/C11H17FN2/c1-8(2)3-4-11(13)9-5-10(12)7-14-6-9/h5-8,11H,3-4,13H2,1-2H3. The van der Waals surface area contributed by atoms with E-state index < -0.39 is 0 Å². The summed E-state index contributed by atoms with van der Waals surface area (Å²) >= 11 is 0. The van der Waals surface area contributed by atoms with Crippen LogP contribution in [0.15, 0.2) is 18.5 Å². The molecular weight excluding hydrogens is 179 g/mol. The maximum Gasteiger partial charge on any atom is 0.141 e.